The maximum Gasteiger partial charge on any atom is 0.492 e. The molecule has 0 aliphatic carbocycles. The first-order valence-electron chi connectivity index (χ1n) is 3.30. The lowest BCUT2D eigenvalue weighted by molar-refractivity contribution is 0.410. The Morgan fingerprint density at radius 3 is 2.75 bits per heavy atom. The summed E-state index contributed by atoms with van der Waals surface area (Å²) in [5.41, 5.74) is 5.51. The van der Waals surface area contributed by atoms with E-state index in [0.29, 0.717) is 5.75 Å². The Bertz CT molecular complexity index is 279. The summed E-state index contributed by atoms with van der Waals surface area (Å²) >= 11 is 0. The van der Waals surface area contributed by atoms with Crippen LogP contribution in [-0.2, 0) is 0 Å². The van der Waals surface area contributed by atoms with Gasteiger partial charge in [0.25, 0.3) is 0 Å². The van der Waals surface area contributed by atoms with Gasteiger partial charge in [0.05, 0.1) is 13.3 Å². The predicted octanol–water partition coefficient (Wildman–Crippen LogP) is -1.65. The average Bonchev–Trinajstić information content (AvgIpc) is 2.05. The van der Waals surface area contributed by atoms with E-state index in [4.69, 9.17) is 20.5 Å². The van der Waals surface area contributed by atoms with Gasteiger partial charge >= 0.3 is 7.12 Å². The Kier molecular flexibility index (Phi) is 2.52. The van der Waals surface area contributed by atoms with Gasteiger partial charge in [-0.05, 0) is 6.07 Å². The van der Waals surface area contributed by atoms with Gasteiger partial charge in [0.15, 0.2) is 0 Å². The van der Waals surface area contributed by atoms with Gasteiger partial charge in [-0.2, -0.15) is 0 Å². The third-order valence-corrected chi connectivity index (χ3v) is 1.44. The molecule has 6 heteroatoms. The van der Waals surface area contributed by atoms with Gasteiger partial charge in [0.1, 0.15) is 11.6 Å². The Labute approximate surface area is 70.0 Å². The van der Waals surface area contributed by atoms with E-state index < -0.39 is 7.12 Å². The molecule has 1 aromatic heterocycles. The number of nitrogens with zero attached hydrogens (tertiary/aromatic N) is 1. The number of methoxy groups -OCH3 is 1. The summed E-state index contributed by atoms with van der Waals surface area (Å²) in [5, 5.41) is 17.6. The quantitative estimate of drug-likeness (QED) is 0.460. The summed E-state index contributed by atoms with van der Waals surface area (Å²) < 4.78 is 4.82. The van der Waals surface area contributed by atoms with Gasteiger partial charge in [-0.3, -0.25) is 0 Å². The Morgan fingerprint density at radius 2 is 2.25 bits per heavy atom. The lowest BCUT2D eigenvalue weighted by Crippen LogP contribution is -2.33. The summed E-state index contributed by atoms with van der Waals surface area (Å²) in [4.78, 5) is 3.70. The van der Waals surface area contributed by atoms with Crippen LogP contribution in [0.25, 0.3) is 0 Å². The second-order valence-electron chi connectivity index (χ2n) is 2.22. The molecular formula is C6H9BN2O3. The van der Waals surface area contributed by atoms with Crippen molar-refractivity contribution in [3.05, 3.63) is 12.3 Å². The van der Waals surface area contributed by atoms with Crippen molar-refractivity contribution >= 4 is 18.4 Å². The minimum Gasteiger partial charge on any atom is -0.495 e. The van der Waals surface area contributed by atoms with Crippen LogP contribution >= 0.6 is 0 Å². The van der Waals surface area contributed by atoms with Crippen molar-refractivity contribution in [3.8, 4) is 5.75 Å². The number of pyridine rings is 1. The minimum absolute atomic E-state index is 0.0887. The summed E-state index contributed by atoms with van der Waals surface area (Å²) in [5.74, 6) is 0.526. The summed E-state index contributed by atoms with van der Waals surface area (Å²) in [7, 11) is -0.159. The number of nitrogens with two attached hydrogens (primary N) is 1. The first-order chi connectivity index (χ1) is 5.65. The second-order valence-corrected chi connectivity index (χ2v) is 2.22. The average molecular weight is 168 g/mol. The van der Waals surface area contributed by atoms with Gasteiger partial charge in [0.2, 0.25) is 0 Å². The molecule has 0 spiro atoms. The largest absolute Gasteiger partial charge is 0.495 e. The van der Waals surface area contributed by atoms with Gasteiger partial charge in [0, 0.05) is 5.46 Å². The molecule has 1 rings (SSSR count). The molecule has 0 saturated carbocycles. The number of ether oxygens (including phenoxy) is 1. The normalized spacial score (nSPS) is 9.58. The highest BCUT2D eigenvalue weighted by Crippen LogP contribution is 2.07. The van der Waals surface area contributed by atoms with Crippen LogP contribution in [0, 0.1) is 0 Å². The number of rotatable bonds is 2. The van der Waals surface area contributed by atoms with Crippen molar-refractivity contribution in [3.63, 3.8) is 0 Å². The van der Waals surface area contributed by atoms with Crippen LogP contribution in [0.15, 0.2) is 12.3 Å². The molecule has 0 amide bonds. The van der Waals surface area contributed by atoms with Crippen molar-refractivity contribution < 1.29 is 14.8 Å². The van der Waals surface area contributed by atoms with Crippen LogP contribution in [0.2, 0.25) is 0 Å². The number of aromatic nitrogens is 1. The number of hydrogen-bond acceptors (Lipinski definition) is 5. The van der Waals surface area contributed by atoms with Gasteiger partial charge in [-0.15, -0.1) is 0 Å². The van der Waals surface area contributed by atoms with E-state index in [2.05, 4.69) is 4.98 Å². The zero-order chi connectivity index (χ0) is 9.14. The molecule has 0 radical (unpaired) electrons. The molecule has 0 aliphatic heterocycles. The lowest BCUT2D eigenvalue weighted by Gasteiger charge is -2.05. The van der Waals surface area contributed by atoms with Crippen LogP contribution in [-0.4, -0.2) is 29.3 Å². The molecule has 0 saturated heterocycles. The fourth-order valence-corrected chi connectivity index (χ4v) is 0.791. The van der Waals surface area contributed by atoms with Gasteiger partial charge < -0.3 is 20.5 Å². The molecule has 0 fully saturated rings. The zero-order valence-corrected chi connectivity index (χ0v) is 6.56. The third kappa shape index (κ3) is 1.66. The van der Waals surface area contributed by atoms with Crippen molar-refractivity contribution in [2.24, 2.45) is 0 Å². The Balaban J connectivity index is 3.08. The molecule has 0 bridgehead atoms. The van der Waals surface area contributed by atoms with Crippen LogP contribution in [0.5, 0.6) is 5.75 Å². The molecule has 1 heterocycles. The summed E-state index contributed by atoms with van der Waals surface area (Å²) in [6, 6.07) is 1.42. The highest BCUT2D eigenvalue weighted by Gasteiger charge is 2.16. The molecule has 1 aromatic rings. The van der Waals surface area contributed by atoms with E-state index in [9.17, 15) is 0 Å². The molecule has 0 unspecified atom stereocenters. The van der Waals surface area contributed by atoms with Crippen molar-refractivity contribution in [2.75, 3.05) is 12.8 Å². The fourth-order valence-electron chi connectivity index (χ4n) is 0.791. The van der Waals surface area contributed by atoms with Crippen molar-refractivity contribution in [2.45, 2.75) is 0 Å². The summed E-state index contributed by atoms with van der Waals surface area (Å²) in [6.07, 6.45) is 1.40. The van der Waals surface area contributed by atoms with E-state index in [0.717, 1.165) is 0 Å². The number of anilines is 1. The molecule has 0 atom stereocenters. The van der Waals surface area contributed by atoms with Crippen molar-refractivity contribution in [1.82, 2.24) is 4.98 Å². The smallest absolute Gasteiger partial charge is 0.492 e. The standard InChI is InChI=1S/C6H9BN2O3/c1-12-4-2-5(7(10)11)6(8)9-3-4/h2-3,10-11H,1H3,(H2,8,9). The first kappa shape index (κ1) is 8.83. The van der Waals surface area contributed by atoms with Crippen LogP contribution in [0.3, 0.4) is 0 Å². The van der Waals surface area contributed by atoms with Gasteiger partial charge in [-0.1, -0.05) is 0 Å². The molecule has 12 heavy (non-hydrogen) atoms. The summed E-state index contributed by atoms with van der Waals surface area (Å²) in [6.45, 7) is 0. The fraction of sp³-hybridized carbons (Fsp3) is 0.167. The Hall–Kier alpha value is -1.27. The molecule has 0 aliphatic rings. The van der Waals surface area contributed by atoms with E-state index in [-0.39, 0.29) is 11.3 Å². The topological polar surface area (TPSA) is 88.6 Å². The highest BCUT2D eigenvalue weighted by atomic mass is 16.5. The SMILES string of the molecule is COc1cnc(N)c(B(O)O)c1. The van der Waals surface area contributed by atoms with Crippen molar-refractivity contribution in [1.29, 1.82) is 0 Å². The monoisotopic (exact) mass is 168 g/mol. The highest BCUT2D eigenvalue weighted by molar-refractivity contribution is 6.60. The van der Waals surface area contributed by atoms with E-state index in [1.807, 2.05) is 0 Å². The molecule has 4 N–H and O–H groups in total. The molecule has 64 valence electrons. The molecule has 5 nitrogen and oxygen atoms in total. The zero-order valence-electron chi connectivity index (χ0n) is 6.56. The van der Waals surface area contributed by atoms with Crippen LogP contribution < -0.4 is 15.9 Å². The number of hydrogen-bond donors (Lipinski definition) is 3. The Morgan fingerprint density at radius 1 is 1.58 bits per heavy atom. The predicted molar refractivity (Wildman–Crippen MR) is 45.0 cm³/mol. The molecular weight excluding hydrogens is 159 g/mol. The molecule has 0 aromatic carbocycles. The van der Waals surface area contributed by atoms with E-state index in [1.54, 1.807) is 0 Å². The first-order valence-corrected chi connectivity index (χ1v) is 3.30. The lowest BCUT2D eigenvalue weighted by atomic mass is 9.80. The van der Waals surface area contributed by atoms with Gasteiger partial charge in [-0.25, -0.2) is 4.98 Å². The van der Waals surface area contributed by atoms with E-state index in [1.165, 1.54) is 19.4 Å². The van der Waals surface area contributed by atoms with Crippen LogP contribution in [0.4, 0.5) is 5.82 Å². The number of nitrogen functional groups attached to an aromatic ring is 1. The second kappa shape index (κ2) is 3.42. The maximum absolute atomic E-state index is 8.80. The maximum atomic E-state index is 8.80. The van der Waals surface area contributed by atoms with E-state index >= 15 is 0 Å². The third-order valence-electron chi connectivity index (χ3n) is 1.44. The van der Waals surface area contributed by atoms with Crippen LogP contribution in [0.1, 0.15) is 0 Å². The minimum atomic E-state index is -1.62.